The van der Waals surface area contributed by atoms with Crippen LogP contribution in [-0.2, 0) is 23.9 Å². The molecule has 10 nitrogen and oxygen atoms in total. The predicted octanol–water partition coefficient (Wildman–Crippen LogP) is 2.43. The molecule has 2 heterocycles. The van der Waals surface area contributed by atoms with Gasteiger partial charge in [-0.3, -0.25) is 4.79 Å². The summed E-state index contributed by atoms with van der Waals surface area (Å²) in [6.45, 7) is 1.63. The van der Waals surface area contributed by atoms with Crippen LogP contribution in [0.3, 0.4) is 0 Å². The number of benzene rings is 2. The lowest BCUT2D eigenvalue weighted by atomic mass is 9.80. The molecular weight excluding hydrogens is 442 g/mol. The zero-order valence-corrected chi connectivity index (χ0v) is 18.4. The Balaban J connectivity index is 1.68. The number of aromatic nitrogens is 2. The number of esters is 2. The van der Waals surface area contributed by atoms with Gasteiger partial charge in [-0.15, -0.1) is 0 Å². The van der Waals surface area contributed by atoms with E-state index >= 15 is 0 Å². The smallest absolute Gasteiger partial charge is 0.337 e. The van der Waals surface area contributed by atoms with Crippen LogP contribution in [0.2, 0.25) is 0 Å². The van der Waals surface area contributed by atoms with Gasteiger partial charge in [0.25, 0.3) is 0 Å². The third-order valence-electron chi connectivity index (χ3n) is 5.29. The molecule has 0 radical (unpaired) electrons. The number of hydrogen-bond donors (Lipinski definition) is 1. The highest BCUT2D eigenvalue weighted by Gasteiger charge is 2.40. The fourth-order valence-electron chi connectivity index (χ4n) is 3.81. The number of allylic oxidation sites excluding steroid dienone is 2. The number of hydrogen-bond acceptors (Lipinski definition) is 10. The molecule has 1 N–H and O–H groups in total. The molecule has 1 atom stereocenters. The highest BCUT2D eigenvalue weighted by Crippen LogP contribution is 2.41. The summed E-state index contributed by atoms with van der Waals surface area (Å²) >= 11 is 0. The summed E-state index contributed by atoms with van der Waals surface area (Å²) in [7, 11) is 1.23. The van der Waals surface area contributed by atoms with E-state index in [0.717, 1.165) is 0 Å². The third-order valence-corrected chi connectivity index (χ3v) is 5.29. The minimum Gasteiger partial charge on any atom is -0.490 e. The fourth-order valence-corrected chi connectivity index (χ4v) is 3.81. The molecule has 34 heavy (non-hydrogen) atoms. The molecule has 0 spiro atoms. The van der Waals surface area contributed by atoms with Gasteiger partial charge in [0.15, 0.2) is 6.29 Å². The second kappa shape index (κ2) is 9.99. The molecule has 174 valence electrons. The largest absolute Gasteiger partial charge is 0.490 e. The molecule has 3 aromatic rings. The lowest BCUT2D eigenvalue weighted by Gasteiger charge is -2.29. The molecule has 10 heteroatoms. The Morgan fingerprint density at radius 1 is 1.03 bits per heavy atom. The fraction of sp³-hybridized carbons (Fsp3) is 0.208. The molecule has 2 aromatic carbocycles. The molecule has 0 bridgehead atoms. The number of fused-ring (bicyclic) bond motifs is 1. The molecule has 0 fully saturated rings. The molecule has 1 aliphatic rings. The van der Waals surface area contributed by atoms with Gasteiger partial charge in [-0.2, -0.15) is 0 Å². The van der Waals surface area contributed by atoms with Gasteiger partial charge < -0.3 is 19.5 Å². The number of methoxy groups -OCH3 is 1. The topological polar surface area (TPSA) is 130 Å². The van der Waals surface area contributed by atoms with E-state index in [-0.39, 0.29) is 30.1 Å². The summed E-state index contributed by atoms with van der Waals surface area (Å²) < 4.78 is 20.8. The van der Waals surface area contributed by atoms with Gasteiger partial charge >= 0.3 is 11.9 Å². The Bertz CT molecular complexity index is 1290. The van der Waals surface area contributed by atoms with Crippen molar-refractivity contribution in [3.63, 3.8) is 0 Å². The van der Waals surface area contributed by atoms with Crippen LogP contribution >= 0.6 is 0 Å². The maximum Gasteiger partial charge on any atom is 0.337 e. The van der Waals surface area contributed by atoms with Gasteiger partial charge in [-0.1, -0.05) is 30.3 Å². The first kappa shape index (κ1) is 22.7. The SMILES string of the molecule is COC(=O)C1=C(C)NC(C=O)=C(C(=O)OCCOc2ccccc2)C1c1cccc2nonc12. The first-order valence-corrected chi connectivity index (χ1v) is 10.4. The molecule has 0 saturated heterocycles. The summed E-state index contributed by atoms with van der Waals surface area (Å²) in [5.74, 6) is -1.85. The number of para-hydroxylation sites is 1. The molecular formula is C24H21N3O7. The molecule has 1 aromatic heterocycles. The Morgan fingerprint density at radius 3 is 2.56 bits per heavy atom. The van der Waals surface area contributed by atoms with Crippen LogP contribution in [0, 0.1) is 0 Å². The van der Waals surface area contributed by atoms with E-state index in [4.69, 9.17) is 18.8 Å². The maximum absolute atomic E-state index is 13.2. The number of nitrogens with zero attached hydrogens (tertiary/aromatic N) is 2. The molecule has 0 aliphatic carbocycles. The van der Waals surface area contributed by atoms with Gasteiger partial charge in [0, 0.05) is 5.70 Å². The summed E-state index contributed by atoms with van der Waals surface area (Å²) in [4.78, 5) is 37.9. The first-order chi connectivity index (χ1) is 16.5. The van der Waals surface area contributed by atoms with Crippen molar-refractivity contribution in [2.24, 2.45) is 0 Å². The quantitative estimate of drug-likeness (QED) is 0.302. The standard InChI is InChI=1S/C24H21N3O7/c1-14-19(23(29)31-2)20(16-9-6-10-17-22(16)27-34-26-17)21(18(13-28)25-14)24(30)33-12-11-32-15-7-4-3-5-8-15/h3-10,13,20,25H,11-12H2,1-2H3. The van der Waals surface area contributed by atoms with Crippen LogP contribution in [0.4, 0.5) is 0 Å². The molecule has 1 aliphatic heterocycles. The summed E-state index contributed by atoms with van der Waals surface area (Å²) in [5, 5.41) is 10.6. The normalized spacial score (nSPS) is 15.6. The number of aldehydes is 1. The summed E-state index contributed by atoms with van der Waals surface area (Å²) in [6, 6.07) is 14.1. The molecule has 0 amide bonds. The van der Waals surface area contributed by atoms with E-state index in [1.54, 1.807) is 37.3 Å². The molecule has 1 unspecified atom stereocenters. The summed E-state index contributed by atoms with van der Waals surface area (Å²) in [5.41, 5.74) is 1.61. The minimum absolute atomic E-state index is 0.0300. The van der Waals surface area contributed by atoms with Crippen molar-refractivity contribution in [1.82, 2.24) is 15.6 Å². The van der Waals surface area contributed by atoms with Crippen LogP contribution in [-0.4, -0.2) is 48.9 Å². The number of ether oxygens (including phenoxy) is 3. The van der Waals surface area contributed by atoms with Crippen molar-refractivity contribution < 1.29 is 33.2 Å². The Kier molecular flexibility index (Phi) is 6.67. The van der Waals surface area contributed by atoms with E-state index in [2.05, 4.69) is 15.6 Å². The van der Waals surface area contributed by atoms with Crippen LogP contribution in [0.5, 0.6) is 5.75 Å². The van der Waals surface area contributed by atoms with Crippen LogP contribution in [0.1, 0.15) is 18.4 Å². The highest BCUT2D eigenvalue weighted by molar-refractivity contribution is 6.04. The number of nitrogens with one attached hydrogen (secondary N) is 1. The zero-order valence-electron chi connectivity index (χ0n) is 18.4. The van der Waals surface area contributed by atoms with E-state index < -0.39 is 17.9 Å². The molecule has 4 rings (SSSR count). The maximum atomic E-state index is 13.2. The van der Waals surface area contributed by atoms with Crippen molar-refractivity contribution in [1.29, 1.82) is 0 Å². The Labute approximate surface area is 194 Å². The Morgan fingerprint density at radius 2 is 1.82 bits per heavy atom. The first-order valence-electron chi connectivity index (χ1n) is 10.4. The number of rotatable bonds is 8. The van der Waals surface area contributed by atoms with E-state index in [0.29, 0.717) is 34.3 Å². The lowest BCUT2D eigenvalue weighted by molar-refractivity contribution is -0.140. The van der Waals surface area contributed by atoms with Gasteiger partial charge in [0.1, 0.15) is 30.0 Å². The van der Waals surface area contributed by atoms with E-state index in [9.17, 15) is 14.4 Å². The number of carbonyl (C=O) groups excluding carboxylic acids is 3. The van der Waals surface area contributed by atoms with Gasteiger partial charge in [0.05, 0.1) is 29.9 Å². The van der Waals surface area contributed by atoms with E-state index in [1.807, 2.05) is 18.2 Å². The number of dihydropyridines is 1. The van der Waals surface area contributed by atoms with Crippen molar-refractivity contribution in [3.8, 4) is 5.75 Å². The third kappa shape index (κ3) is 4.38. The monoisotopic (exact) mass is 463 g/mol. The highest BCUT2D eigenvalue weighted by atomic mass is 16.6. The average molecular weight is 463 g/mol. The van der Waals surface area contributed by atoms with Gasteiger partial charge in [-0.05, 0) is 41.0 Å². The van der Waals surface area contributed by atoms with Gasteiger partial charge in [0.2, 0.25) is 0 Å². The minimum atomic E-state index is -1.01. The zero-order chi connectivity index (χ0) is 24.1. The van der Waals surface area contributed by atoms with Crippen molar-refractivity contribution in [3.05, 3.63) is 76.6 Å². The molecule has 0 saturated carbocycles. The summed E-state index contributed by atoms with van der Waals surface area (Å²) in [6.07, 6.45) is 0.503. The van der Waals surface area contributed by atoms with Crippen LogP contribution < -0.4 is 10.1 Å². The lowest BCUT2D eigenvalue weighted by Crippen LogP contribution is -2.34. The van der Waals surface area contributed by atoms with Crippen LogP contribution in [0.15, 0.2) is 75.7 Å². The average Bonchev–Trinajstić information content (AvgIpc) is 3.35. The van der Waals surface area contributed by atoms with Crippen molar-refractivity contribution in [2.45, 2.75) is 12.8 Å². The second-order valence-corrected chi connectivity index (χ2v) is 7.31. The van der Waals surface area contributed by atoms with Crippen molar-refractivity contribution in [2.75, 3.05) is 20.3 Å². The predicted molar refractivity (Wildman–Crippen MR) is 118 cm³/mol. The van der Waals surface area contributed by atoms with Crippen LogP contribution in [0.25, 0.3) is 11.0 Å². The number of carbonyl (C=O) groups is 3. The Hall–Kier alpha value is -4.47. The van der Waals surface area contributed by atoms with E-state index in [1.165, 1.54) is 7.11 Å². The van der Waals surface area contributed by atoms with Crippen molar-refractivity contribution >= 4 is 29.3 Å². The second-order valence-electron chi connectivity index (χ2n) is 7.31. The van der Waals surface area contributed by atoms with Gasteiger partial charge in [-0.25, -0.2) is 14.2 Å².